The first-order chi connectivity index (χ1) is 15.1. The Kier molecular flexibility index (Phi) is 11.0. The van der Waals surface area contributed by atoms with Crippen molar-refractivity contribution in [2.45, 2.75) is 44.4 Å². The molecule has 3 amide bonds. The molecule has 0 heterocycles. The lowest BCUT2D eigenvalue weighted by Crippen LogP contribution is -2.52. The zero-order chi connectivity index (χ0) is 24.1. The molecule has 2 unspecified atom stereocenters. The third-order valence-electron chi connectivity index (χ3n) is 4.17. The van der Waals surface area contributed by atoms with Crippen LogP contribution in [0.5, 0.6) is 0 Å². The Balaban J connectivity index is 2.47. The van der Waals surface area contributed by atoms with Gasteiger partial charge in [-0.2, -0.15) is 5.06 Å². The lowest BCUT2D eigenvalue weighted by molar-refractivity contribution is -0.157. The molecule has 0 saturated heterocycles. The molecule has 13 nitrogen and oxygen atoms in total. The molecule has 1 aromatic rings. The van der Waals surface area contributed by atoms with E-state index in [0.29, 0.717) is 0 Å². The molecule has 32 heavy (non-hydrogen) atoms. The van der Waals surface area contributed by atoms with Crippen LogP contribution in [0, 0.1) is 0 Å². The number of hydrogen-bond acceptors (Lipinski definition) is 7. The van der Waals surface area contributed by atoms with Gasteiger partial charge in [0.15, 0.2) is 6.04 Å². The van der Waals surface area contributed by atoms with Crippen LogP contribution in [-0.4, -0.2) is 74.3 Å². The predicted molar refractivity (Wildman–Crippen MR) is 106 cm³/mol. The minimum absolute atomic E-state index is 0.0107. The number of carboxylic acids is 3. The maximum absolute atomic E-state index is 12.0. The molecule has 176 valence electrons. The number of amides is 3. The second kappa shape index (κ2) is 13.4. The van der Waals surface area contributed by atoms with Crippen molar-refractivity contribution in [3.8, 4) is 0 Å². The lowest BCUT2D eigenvalue weighted by atomic mass is 10.1. The van der Waals surface area contributed by atoms with Crippen molar-refractivity contribution in [3.05, 3.63) is 35.9 Å². The van der Waals surface area contributed by atoms with Crippen LogP contribution in [0.4, 0.5) is 9.59 Å². The van der Waals surface area contributed by atoms with Crippen LogP contribution in [0.2, 0.25) is 0 Å². The monoisotopic (exact) mass is 455 g/mol. The molecule has 0 radical (unpaired) electrons. The molecular weight excluding hydrogens is 430 g/mol. The Morgan fingerprint density at radius 3 is 2.19 bits per heavy atom. The number of aliphatic carboxylic acids is 3. The van der Waals surface area contributed by atoms with Gasteiger partial charge in [0.25, 0.3) is 0 Å². The Labute approximate surface area is 182 Å². The molecule has 0 bridgehead atoms. The van der Waals surface area contributed by atoms with Crippen molar-refractivity contribution in [1.82, 2.24) is 15.7 Å². The van der Waals surface area contributed by atoms with Crippen LogP contribution in [0.3, 0.4) is 0 Å². The normalized spacial score (nSPS) is 12.2. The standard InChI is InChI=1S/C19H25N3O10/c23-15(24)9-8-13(16(25)26)21-18(29)22(31)14(17(27)28)7-4-10-20-19(30)32-11-12-5-2-1-3-6-12/h1-3,5-6,13-14,31H,4,7-11H2,(H,20,30)(H,21,29)(H,23,24)(H,25,26)(H,27,28). The number of carbonyl (C=O) groups excluding carboxylic acids is 2. The minimum atomic E-state index is -1.73. The maximum Gasteiger partial charge on any atom is 0.407 e. The summed E-state index contributed by atoms with van der Waals surface area (Å²) in [6.45, 7) is 0.0326. The summed E-state index contributed by atoms with van der Waals surface area (Å²) in [4.78, 5) is 56.7. The largest absolute Gasteiger partial charge is 0.481 e. The highest BCUT2D eigenvalue weighted by molar-refractivity contribution is 5.85. The molecule has 0 fully saturated rings. The van der Waals surface area contributed by atoms with Crippen molar-refractivity contribution in [2.75, 3.05) is 6.54 Å². The number of carboxylic acid groups (broad SMARTS) is 3. The molecule has 6 N–H and O–H groups in total. The average Bonchev–Trinajstić information content (AvgIpc) is 2.74. The quantitative estimate of drug-likeness (QED) is 0.141. The van der Waals surface area contributed by atoms with E-state index < -0.39 is 55.0 Å². The van der Waals surface area contributed by atoms with E-state index in [1.165, 1.54) is 0 Å². The summed E-state index contributed by atoms with van der Waals surface area (Å²) < 4.78 is 4.99. The van der Waals surface area contributed by atoms with E-state index in [1.54, 1.807) is 24.3 Å². The van der Waals surface area contributed by atoms with Crippen LogP contribution >= 0.6 is 0 Å². The first kappa shape index (κ1) is 26.2. The zero-order valence-corrected chi connectivity index (χ0v) is 17.0. The topological polar surface area (TPSA) is 203 Å². The van der Waals surface area contributed by atoms with Crippen molar-refractivity contribution in [3.63, 3.8) is 0 Å². The van der Waals surface area contributed by atoms with E-state index in [9.17, 15) is 34.3 Å². The smallest absolute Gasteiger partial charge is 0.407 e. The second-order valence-corrected chi connectivity index (χ2v) is 6.60. The summed E-state index contributed by atoms with van der Waals surface area (Å²) in [7, 11) is 0. The average molecular weight is 455 g/mol. The van der Waals surface area contributed by atoms with E-state index >= 15 is 0 Å². The molecule has 1 aromatic carbocycles. The third kappa shape index (κ3) is 9.75. The number of ether oxygens (including phenoxy) is 1. The van der Waals surface area contributed by atoms with Gasteiger partial charge in [0.05, 0.1) is 0 Å². The molecular formula is C19H25N3O10. The van der Waals surface area contributed by atoms with Gasteiger partial charge in [-0.05, 0) is 24.8 Å². The van der Waals surface area contributed by atoms with Gasteiger partial charge in [0.2, 0.25) is 0 Å². The molecule has 0 saturated carbocycles. The highest BCUT2D eigenvalue weighted by atomic mass is 16.5. The fourth-order valence-electron chi connectivity index (χ4n) is 2.49. The minimum Gasteiger partial charge on any atom is -0.481 e. The predicted octanol–water partition coefficient (Wildman–Crippen LogP) is 0.865. The fourth-order valence-corrected chi connectivity index (χ4v) is 2.49. The Hall–Kier alpha value is -3.87. The zero-order valence-electron chi connectivity index (χ0n) is 17.0. The van der Waals surface area contributed by atoms with E-state index in [2.05, 4.69) is 5.32 Å². The molecule has 1 rings (SSSR count). The number of hydroxylamine groups is 2. The molecule has 0 aliphatic carbocycles. The van der Waals surface area contributed by atoms with Crippen LogP contribution in [0.1, 0.15) is 31.2 Å². The first-order valence-electron chi connectivity index (χ1n) is 9.52. The summed E-state index contributed by atoms with van der Waals surface area (Å²) in [5.41, 5.74) is 0.776. The van der Waals surface area contributed by atoms with Gasteiger partial charge in [-0.25, -0.2) is 19.2 Å². The maximum atomic E-state index is 12.0. The highest BCUT2D eigenvalue weighted by Gasteiger charge is 2.31. The molecule has 0 aliphatic heterocycles. The number of hydrogen-bond donors (Lipinski definition) is 6. The number of nitrogens with zero attached hydrogens (tertiary/aromatic N) is 1. The molecule has 13 heteroatoms. The number of benzene rings is 1. The summed E-state index contributed by atoms with van der Waals surface area (Å²) in [6.07, 6.45) is -1.98. The van der Waals surface area contributed by atoms with Crippen LogP contribution in [0.15, 0.2) is 30.3 Å². The highest BCUT2D eigenvalue weighted by Crippen LogP contribution is 2.08. The van der Waals surface area contributed by atoms with Crippen molar-refractivity contribution >= 4 is 30.0 Å². The van der Waals surface area contributed by atoms with Crippen LogP contribution in [-0.2, 0) is 25.7 Å². The van der Waals surface area contributed by atoms with Gasteiger partial charge in [0.1, 0.15) is 12.6 Å². The van der Waals surface area contributed by atoms with Gasteiger partial charge in [-0.15, -0.1) is 0 Å². The van der Waals surface area contributed by atoms with Crippen molar-refractivity contribution < 1.29 is 49.2 Å². The summed E-state index contributed by atoms with van der Waals surface area (Å²) in [6, 6.07) is 4.13. The second-order valence-electron chi connectivity index (χ2n) is 6.60. The number of nitrogens with one attached hydrogen (secondary N) is 2. The lowest BCUT2D eigenvalue weighted by Gasteiger charge is -2.24. The van der Waals surface area contributed by atoms with Crippen molar-refractivity contribution in [1.29, 1.82) is 0 Å². The molecule has 2 atom stereocenters. The number of rotatable bonds is 13. The Morgan fingerprint density at radius 2 is 1.62 bits per heavy atom. The van der Waals surface area contributed by atoms with E-state index in [1.807, 2.05) is 11.4 Å². The summed E-state index contributed by atoms with van der Waals surface area (Å²) >= 11 is 0. The van der Waals surface area contributed by atoms with Crippen LogP contribution in [0.25, 0.3) is 0 Å². The first-order valence-corrected chi connectivity index (χ1v) is 9.52. The van der Waals surface area contributed by atoms with E-state index in [-0.39, 0.29) is 31.1 Å². The Morgan fingerprint density at radius 1 is 0.969 bits per heavy atom. The SMILES string of the molecule is O=C(O)CCC(NC(=O)N(O)C(CCCNC(=O)OCc1ccccc1)C(=O)O)C(=O)O. The van der Waals surface area contributed by atoms with Gasteiger partial charge in [-0.3, -0.25) is 10.0 Å². The van der Waals surface area contributed by atoms with Gasteiger partial charge >= 0.3 is 30.0 Å². The molecule has 0 aliphatic rings. The van der Waals surface area contributed by atoms with Crippen LogP contribution < -0.4 is 10.6 Å². The van der Waals surface area contributed by atoms with E-state index in [4.69, 9.17) is 14.9 Å². The van der Waals surface area contributed by atoms with Gasteiger partial charge < -0.3 is 30.7 Å². The number of alkyl carbamates (subject to hydrolysis) is 1. The Bertz CT molecular complexity index is 802. The van der Waals surface area contributed by atoms with Gasteiger partial charge in [-0.1, -0.05) is 30.3 Å². The summed E-state index contributed by atoms with van der Waals surface area (Å²) in [5, 5.41) is 40.9. The number of urea groups is 1. The fraction of sp³-hybridized carbons (Fsp3) is 0.421. The summed E-state index contributed by atoms with van der Waals surface area (Å²) in [5.74, 6) is -4.39. The van der Waals surface area contributed by atoms with Gasteiger partial charge in [0, 0.05) is 13.0 Å². The number of carbonyl (C=O) groups is 5. The molecule has 0 spiro atoms. The third-order valence-corrected chi connectivity index (χ3v) is 4.17. The molecule has 0 aromatic heterocycles. The van der Waals surface area contributed by atoms with Crippen molar-refractivity contribution in [2.24, 2.45) is 0 Å². The van der Waals surface area contributed by atoms with E-state index in [0.717, 1.165) is 5.56 Å².